The van der Waals surface area contributed by atoms with Gasteiger partial charge in [0.15, 0.2) is 36.5 Å². The molecule has 5 aliphatic heterocycles. The molecule has 5 saturated heterocycles. The minimum absolute atomic E-state index is 0.0982. The minimum atomic E-state index is -5.19. The zero-order valence-corrected chi connectivity index (χ0v) is 48.1. The number of aliphatic hydroxyl groups excluding tert-OH is 10. The SMILES string of the molecule is CO[C@H]1C(O)[C@H](O[C@H]2C(O)[C@H](O[C@@H]3C(C)O[C@@H](OC4[C@H](O[C@H]5CC[C@]6(C)C7=CC(O)C89C(=O)O[C@@](C)(C(=O)CCC(C)C)[C@H]8CC[C@@]9(C)C7CCC6C5(C)C)OC[C@@H](OS(=O)(=O)O)[C@H]4O)C(O)[C@@H]3O)OC(CO)[C@H]2O)OC(CO)[C@H]1O. The van der Waals surface area contributed by atoms with Crippen LogP contribution in [0.5, 0.6) is 0 Å². The molecule has 9 rings (SSSR count). The summed E-state index contributed by atoms with van der Waals surface area (Å²) < 4.78 is 97.8. The second-order valence-electron chi connectivity index (χ2n) is 25.7. The zero-order valence-electron chi connectivity index (χ0n) is 47.2. The van der Waals surface area contributed by atoms with Gasteiger partial charge in [0.2, 0.25) is 0 Å². The minimum Gasteiger partial charge on any atom is -0.450 e. The van der Waals surface area contributed by atoms with Gasteiger partial charge in [-0.1, -0.05) is 53.2 Å². The van der Waals surface area contributed by atoms with Gasteiger partial charge in [0.1, 0.15) is 90.9 Å². The van der Waals surface area contributed by atoms with Gasteiger partial charge in [-0.15, -0.1) is 0 Å². The van der Waals surface area contributed by atoms with E-state index in [1.165, 1.54) is 14.0 Å². The summed E-state index contributed by atoms with van der Waals surface area (Å²) in [5.74, 6) is -1.10. The van der Waals surface area contributed by atoms with Gasteiger partial charge in [-0.05, 0) is 92.8 Å². The quantitative estimate of drug-likeness (QED) is 0.0348. The fourth-order valence-corrected chi connectivity index (χ4v) is 16.7. The topological polar surface area (TPSA) is 392 Å². The number of hydrogen-bond acceptors (Lipinski definition) is 25. The van der Waals surface area contributed by atoms with E-state index >= 15 is 0 Å². The number of carbonyl (C=O) groups is 2. The lowest BCUT2D eigenvalue weighted by Gasteiger charge is -2.64. The molecule has 11 N–H and O–H groups in total. The van der Waals surface area contributed by atoms with E-state index in [2.05, 4.69) is 13.8 Å². The third-order valence-corrected chi connectivity index (χ3v) is 21.0. The van der Waals surface area contributed by atoms with Crippen LogP contribution in [0.4, 0.5) is 0 Å². The molecule has 26 nitrogen and oxygen atoms in total. The number of ether oxygens (including phenoxy) is 10. The van der Waals surface area contributed by atoms with Crippen LogP contribution in [0.1, 0.15) is 107 Å². The number of carbonyl (C=O) groups excluding carboxylic acids is 2. The van der Waals surface area contributed by atoms with Crippen molar-refractivity contribution in [2.75, 3.05) is 26.9 Å². The van der Waals surface area contributed by atoms with Crippen LogP contribution < -0.4 is 0 Å². The largest absolute Gasteiger partial charge is 0.450 e. The molecule has 0 amide bonds. The van der Waals surface area contributed by atoms with Crippen LogP contribution in [0.25, 0.3) is 0 Å². The second-order valence-corrected chi connectivity index (χ2v) is 26.8. The van der Waals surface area contributed by atoms with E-state index < -0.39 is 198 Å². The highest BCUT2D eigenvalue weighted by molar-refractivity contribution is 7.80. The van der Waals surface area contributed by atoms with Crippen molar-refractivity contribution in [3.05, 3.63) is 11.6 Å². The number of allylic oxidation sites excluding steroid dienone is 1. The predicted octanol–water partition coefficient (Wildman–Crippen LogP) is -1.33. The number of esters is 1. The first kappa shape index (κ1) is 63.5. The molecule has 5 heterocycles. The van der Waals surface area contributed by atoms with Gasteiger partial charge in [0.05, 0.1) is 38.1 Å². The summed E-state index contributed by atoms with van der Waals surface area (Å²) in [6.45, 7) is 13.3. The van der Waals surface area contributed by atoms with E-state index in [4.69, 9.17) is 51.6 Å². The lowest BCUT2D eigenvalue weighted by Crippen LogP contribution is -2.67. The van der Waals surface area contributed by atoms with E-state index in [0.717, 1.165) is 5.57 Å². The van der Waals surface area contributed by atoms with E-state index in [1.807, 2.05) is 33.8 Å². The van der Waals surface area contributed by atoms with Crippen LogP contribution in [0.2, 0.25) is 0 Å². The molecule has 8 fully saturated rings. The standard InChI is InChI=1S/C54H86O26S/c1-22(2)10-13-31(57)53(8)30-14-17-52(7)24-11-12-29-50(4,5)33(15-16-51(29,6)25(24)18-32(58)54(30,52)49(66)79-53)75-48-44(36(61)28(21-71-48)80-81(67,68)69)78-45-38(63)37(62)41(23(3)72-45)76-47-40(65)43(35(60)27(20-56)74-47)77-46-39(64)42(70-9)34(59)26(19-55)73-46/h18,22-24,26-30,32-48,55-56,58-65H,10-17,19-21H2,1-9H3,(H,67,68,69)/t23?,24?,26?,27?,28-,29?,30-,32?,33+,34-,35-,36-,37+,38?,39?,40?,41-,42-,43-,44?,45+,46+,47+,48+,51-,52+,53-,54?/m1/s1. The Kier molecular flexibility index (Phi) is 18.2. The van der Waals surface area contributed by atoms with Crippen LogP contribution in [0.3, 0.4) is 0 Å². The molecule has 1 spiro atoms. The van der Waals surface area contributed by atoms with E-state index in [0.29, 0.717) is 44.9 Å². The van der Waals surface area contributed by atoms with Crippen molar-refractivity contribution in [1.29, 1.82) is 0 Å². The molecule has 0 aromatic heterocycles. The van der Waals surface area contributed by atoms with E-state index in [9.17, 15) is 73.6 Å². The summed E-state index contributed by atoms with van der Waals surface area (Å²) >= 11 is 0. The lowest BCUT2D eigenvalue weighted by molar-refractivity contribution is -0.389. The summed E-state index contributed by atoms with van der Waals surface area (Å²) in [7, 11) is -4.01. The molecule has 464 valence electrons. The van der Waals surface area contributed by atoms with Gasteiger partial charge in [-0.2, -0.15) is 8.42 Å². The van der Waals surface area contributed by atoms with Gasteiger partial charge in [-0.25, -0.2) is 4.18 Å². The van der Waals surface area contributed by atoms with Crippen molar-refractivity contribution in [3.63, 3.8) is 0 Å². The Morgan fingerprint density at radius 2 is 1.30 bits per heavy atom. The first-order valence-electron chi connectivity index (χ1n) is 28.4. The number of cyclic esters (lactones) is 1. The molecule has 11 unspecified atom stereocenters. The van der Waals surface area contributed by atoms with Crippen molar-refractivity contribution in [2.24, 2.45) is 45.3 Å². The van der Waals surface area contributed by atoms with Crippen LogP contribution in [-0.2, 0) is 71.5 Å². The van der Waals surface area contributed by atoms with Crippen molar-refractivity contribution in [3.8, 4) is 0 Å². The molecule has 4 aliphatic carbocycles. The van der Waals surface area contributed by atoms with Crippen molar-refractivity contribution in [1.82, 2.24) is 0 Å². The Labute approximate surface area is 471 Å². The monoisotopic (exact) mass is 1180 g/mol. The molecular weight excluding hydrogens is 1100 g/mol. The predicted molar refractivity (Wildman–Crippen MR) is 273 cm³/mol. The maximum atomic E-state index is 14.4. The van der Waals surface area contributed by atoms with Crippen molar-refractivity contribution >= 4 is 22.2 Å². The fourth-order valence-electron chi connectivity index (χ4n) is 16.2. The molecule has 0 radical (unpaired) electrons. The third-order valence-electron chi connectivity index (χ3n) is 20.6. The molecule has 0 bridgehead atoms. The summed E-state index contributed by atoms with van der Waals surface area (Å²) in [6, 6.07) is 0. The van der Waals surface area contributed by atoms with Crippen molar-refractivity contribution in [2.45, 2.75) is 241 Å². The average molecular weight is 1180 g/mol. The second kappa shape index (κ2) is 23.3. The zero-order chi connectivity index (χ0) is 59.4. The van der Waals surface area contributed by atoms with Gasteiger partial charge in [0.25, 0.3) is 0 Å². The molecule has 9 aliphatic rings. The highest BCUT2D eigenvalue weighted by atomic mass is 32.3. The highest BCUT2D eigenvalue weighted by Gasteiger charge is 2.80. The molecule has 3 saturated carbocycles. The number of aliphatic hydroxyl groups is 10. The molecule has 27 heteroatoms. The highest BCUT2D eigenvalue weighted by Crippen LogP contribution is 2.76. The van der Waals surface area contributed by atoms with E-state index in [1.54, 1.807) is 6.92 Å². The van der Waals surface area contributed by atoms with Gasteiger partial charge in [-0.3, -0.25) is 14.1 Å². The van der Waals surface area contributed by atoms with Crippen LogP contribution in [0, 0.1) is 45.3 Å². The van der Waals surface area contributed by atoms with Crippen LogP contribution >= 0.6 is 0 Å². The molecule has 28 atom stereocenters. The Balaban J connectivity index is 0.909. The number of ketones is 1. The molecule has 0 aromatic rings. The Bertz CT molecular complexity index is 2410. The first-order valence-corrected chi connectivity index (χ1v) is 29.8. The summed E-state index contributed by atoms with van der Waals surface area (Å²) in [4.78, 5) is 28.4. The van der Waals surface area contributed by atoms with Crippen LogP contribution in [0.15, 0.2) is 11.6 Å². The molecule has 81 heavy (non-hydrogen) atoms. The summed E-state index contributed by atoms with van der Waals surface area (Å²) in [6.07, 6.45) is -27.9. The fraction of sp³-hybridized carbons (Fsp3) is 0.926. The van der Waals surface area contributed by atoms with Crippen molar-refractivity contribution < 1.29 is 125 Å². The molecule has 0 aromatic carbocycles. The Morgan fingerprint density at radius 1 is 0.704 bits per heavy atom. The normalized spacial score (nSPS) is 50.7. The van der Waals surface area contributed by atoms with E-state index in [-0.39, 0.29) is 30.0 Å². The number of hydrogen-bond donors (Lipinski definition) is 11. The smallest absolute Gasteiger partial charge is 0.397 e. The van der Waals surface area contributed by atoms with Gasteiger partial charge in [0, 0.05) is 19.4 Å². The average Bonchev–Trinajstić information content (AvgIpc) is 1.62. The van der Waals surface area contributed by atoms with Gasteiger partial charge < -0.3 is 98.4 Å². The first-order chi connectivity index (χ1) is 37.9. The Morgan fingerprint density at radius 3 is 1.90 bits per heavy atom. The lowest BCUT2D eigenvalue weighted by atomic mass is 9.40. The number of Topliss-reactive ketones (excluding diaryl/α,β-unsaturated/α-hetero) is 1. The summed E-state index contributed by atoms with van der Waals surface area (Å²) in [5, 5.41) is 112. The number of methoxy groups -OCH3 is 1. The summed E-state index contributed by atoms with van der Waals surface area (Å²) in [5.41, 5.74) is -3.55. The maximum Gasteiger partial charge on any atom is 0.397 e. The van der Waals surface area contributed by atoms with Gasteiger partial charge >= 0.3 is 16.4 Å². The third kappa shape index (κ3) is 10.6. The van der Waals surface area contributed by atoms with Crippen LogP contribution in [-0.4, -0.2) is 237 Å². The maximum absolute atomic E-state index is 14.4. The number of fused-ring (bicyclic) bond motifs is 4. The Hall–Kier alpha value is -2.01. The number of rotatable bonds is 17. The molecular formula is C54H86O26S.